The molecular weight excluding hydrogens is 176 g/mol. The van der Waals surface area contributed by atoms with E-state index in [1.807, 2.05) is 0 Å². The highest BCUT2D eigenvalue weighted by Crippen LogP contribution is 1.96. The van der Waals surface area contributed by atoms with Crippen LogP contribution in [0.3, 0.4) is 0 Å². The summed E-state index contributed by atoms with van der Waals surface area (Å²) in [6, 6.07) is 6.86. The van der Waals surface area contributed by atoms with Crippen LogP contribution in [-0.4, -0.2) is 17.2 Å². The third-order valence-electron chi connectivity index (χ3n) is 1.55. The molecule has 0 aliphatic carbocycles. The molecule has 0 aliphatic heterocycles. The Balaban J connectivity index is 2.71. The van der Waals surface area contributed by atoms with Gasteiger partial charge in [0.05, 0.1) is 0 Å². The van der Waals surface area contributed by atoms with Crippen LogP contribution < -0.4 is 10.3 Å². The standard InChI is InChI=1S/C7H9BClNO2/c9-10-5-6-1-3-7(4-2-6)8(11)12/h1-4,10-12H,5H2. The lowest BCUT2D eigenvalue weighted by molar-refractivity contribution is 0.426. The molecule has 0 aromatic heterocycles. The summed E-state index contributed by atoms with van der Waals surface area (Å²) < 4.78 is 0. The van der Waals surface area contributed by atoms with Crippen molar-refractivity contribution in [2.45, 2.75) is 6.54 Å². The van der Waals surface area contributed by atoms with Gasteiger partial charge in [-0.2, -0.15) is 0 Å². The molecule has 0 saturated heterocycles. The molecule has 1 aromatic rings. The van der Waals surface area contributed by atoms with Crippen LogP contribution in [0.1, 0.15) is 5.56 Å². The van der Waals surface area contributed by atoms with E-state index in [9.17, 15) is 0 Å². The number of hydrogen-bond donors (Lipinski definition) is 3. The van der Waals surface area contributed by atoms with Crippen LogP contribution in [0, 0.1) is 0 Å². The van der Waals surface area contributed by atoms with Gasteiger partial charge in [0.1, 0.15) is 0 Å². The van der Waals surface area contributed by atoms with E-state index in [1.165, 1.54) is 0 Å². The van der Waals surface area contributed by atoms with Crippen molar-refractivity contribution in [3.05, 3.63) is 29.8 Å². The molecule has 0 bridgehead atoms. The first-order valence-electron chi connectivity index (χ1n) is 3.52. The fraction of sp³-hybridized carbons (Fsp3) is 0.143. The van der Waals surface area contributed by atoms with Crippen LogP contribution in [0.5, 0.6) is 0 Å². The van der Waals surface area contributed by atoms with E-state index in [0.29, 0.717) is 12.0 Å². The Morgan fingerprint density at radius 1 is 1.25 bits per heavy atom. The quantitative estimate of drug-likeness (QED) is 0.444. The minimum absolute atomic E-state index is 0.480. The zero-order valence-corrected chi connectivity index (χ0v) is 7.12. The van der Waals surface area contributed by atoms with Gasteiger partial charge in [0.2, 0.25) is 0 Å². The molecule has 0 spiro atoms. The number of halogens is 1. The van der Waals surface area contributed by atoms with Crippen molar-refractivity contribution < 1.29 is 10.0 Å². The maximum absolute atomic E-state index is 8.76. The minimum Gasteiger partial charge on any atom is -0.423 e. The Kier molecular flexibility index (Phi) is 3.56. The highest BCUT2D eigenvalue weighted by Gasteiger charge is 2.09. The number of rotatable bonds is 3. The highest BCUT2D eigenvalue weighted by atomic mass is 35.5. The molecule has 1 aromatic carbocycles. The van der Waals surface area contributed by atoms with Crippen molar-refractivity contribution >= 4 is 24.4 Å². The summed E-state index contributed by atoms with van der Waals surface area (Å²) in [4.78, 5) is 2.48. The Bertz CT molecular complexity index is 240. The maximum atomic E-state index is 8.76. The second kappa shape index (κ2) is 4.47. The van der Waals surface area contributed by atoms with Gasteiger partial charge >= 0.3 is 7.12 Å². The van der Waals surface area contributed by atoms with Gasteiger partial charge in [-0.15, -0.1) is 0 Å². The summed E-state index contributed by atoms with van der Waals surface area (Å²) in [5, 5.41) is 17.5. The molecule has 0 saturated carbocycles. The molecule has 1 rings (SSSR count). The molecule has 0 unspecified atom stereocenters. The molecule has 0 fully saturated rings. The molecule has 3 N–H and O–H groups in total. The van der Waals surface area contributed by atoms with E-state index in [4.69, 9.17) is 21.8 Å². The first-order valence-corrected chi connectivity index (χ1v) is 3.90. The van der Waals surface area contributed by atoms with E-state index in [-0.39, 0.29) is 0 Å². The number of hydrogen-bond acceptors (Lipinski definition) is 3. The summed E-state index contributed by atoms with van der Waals surface area (Å²) >= 11 is 5.29. The average molecular weight is 185 g/mol. The normalized spacial score (nSPS) is 9.92. The van der Waals surface area contributed by atoms with E-state index in [0.717, 1.165) is 5.56 Å². The van der Waals surface area contributed by atoms with Gasteiger partial charge in [-0.3, -0.25) is 0 Å². The number of nitrogens with one attached hydrogen (secondary N) is 1. The topological polar surface area (TPSA) is 52.5 Å². The van der Waals surface area contributed by atoms with Gasteiger partial charge in [0.15, 0.2) is 0 Å². The van der Waals surface area contributed by atoms with Crippen LogP contribution >= 0.6 is 11.8 Å². The second-order valence-corrected chi connectivity index (χ2v) is 2.69. The van der Waals surface area contributed by atoms with Crippen LogP contribution in [-0.2, 0) is 6.54 Å². The molecule has 0 aliphatic rings. The van der Waals surface area contributed by atoms with Gasteiger partial charge < -0.3 is 10.0 Å². The summed E-state index contributed by atoms with van der Waals surface area (Å²) in [7, 11) is -1.40. The molecule has 0 atom stereocenters. The Hall–Kier alpha value is -0.545. The summed E-state index contributed by atoms with van der Waals surface area (Å²) in [6.07, 6.45) is 0. The van der Waals surface area contributed by atoms with Gasteiger partial charge in [-0.1, -0.05) is 24.3 Å². The van der Waals surface area contributed by atoms with Crippen molar-refractivity contribution in [1.29, 1.82) is 0 Å². The van der Waals surface area contributed by atoms with E-state index in [2.05, 4.69) is 4.84 Å². The molecule has 64 valence electrons. The van der Waals surface area contributed by atoms with E-state index < -0.39 is 7.12 Å². The minimum atomic E-state index is -1.40. The average Bonchev–Trinajstić information content (AvgIpc) is 2.06. The van der Waals surface area contributed by atoms with Crippen LogP contribution in [0.15, 0.2) is 24.3 Å². The third-order valence-corrected chi connectivity index (χ3v) is 1.68. The molecule has 0 amide bonds. The SMILES string of the molecule is OB(O)c1ccc(CNCl)cc1. The zero-order valence-electron chi connectivity index (χ0n) is 6.37. The van der Waals surface area contributed by atoms with Crippen molar-refractivity contribution in [3.63, 3.8) is 0 Å². The lowest BCUT2D eigenvalue weighted by Gasteiger charge is -2.01. The summed E-state index contributed by atoms with van der Waals surface area (Å²) in [5.41, 5.74) is 1.47. The summed E-state index contributed by atoms with van der Waals surface area (Å²) in [5.74, 6) is 0. The lowest BCUT2D eigenvalue weighted by atomic mass is 9.80. The first kappa shape index (κ1) is 9.54. The Morgan fingerprint density at radius 3 is 2.25 bits per heavy atom. The Morgan fingerprint density at radius 2 is 1.83 bits per heavy atom. The fourth-order valence-electron chi connectivity index (χ4n) is 0.885. The maximum Gasteiger partial charge on any atom is 0.488 e. The van der Waals surface area contributed by atoms with Gasteiger partial charge in [-0.05, 0) is 22.8 Å². The molecule has 0 radical (unpaired) electrons. The van der Waals surface area contributed by atoms with E-state index in [1.54, 1.807) is 24.3 Å². The largest absolute Gasteiger partial charge is 0.488 e. The number of benzene rings is 1. The zero-order chi connectivity index (χ0) is 8.97. The van der Waals surface area contributed by atoms with E-state index >= 15 is 0 Å². The van der Waals surface area contributed by atoms with Crippen molar-refractivity contribution in [1.82, 2.24) is 4.84 Å². The molecule has 0 heterocycles. The van der Waals surface area contributed by atoms with Crippen LogP contribution in [0.4, 0.5) is 0 Å². The monoisotopic (exact) mass is 185 g/mol. The molecule has 3 nitrogen and oxygen atoms in total. The van der Waals surface area contributed by atoms with Gasteiger partial charge in [-0.25, -0.2) is 4.84 Å². The molecule has 12 heavy (non-hydrogen) atoms. The lowest BCUT2D eigenvalue weighted by Crippen LogP contribution is -2.29. The van der Waals surface area contributed by atoms with Crippen molar-refractivity contribution in [3.8, 4) is 0 Å². The van der Waals surface area contributed by atoms with Gasteiger partial charge in [0, 0.05) is 6.54 Å². The summed E-state index contributed by atoms with van der Waals surface area (Å²) in [6.45, 7) is 0.559. The van der Waals surface area contributed by atoms with Crippen LogP contribution in [0.25, 0.3) is 0 Å². The van der Waals surface area contributed by atoms with Crippen molar-refractivity contribution in [2.75, 3.05) is 0 Å². The Labute approximate surface area is 76.2 Å². The predicted molar refractivity (Wildman–Crippen MR) is 49.0 cm³/mol. The second-order valence-electron chi connectivity index (χ2n) is 2.43. The van der Waals surface area contributed by atoms with Gasteiger partial charge in [0.25, 0.3) is 0 Å². The third kappa shape index (κ3) is 2.50. The fourth-order valence-corrected chi connectivity index (χ4v) is 1.04. The molecular formula is C7H9BClNO2. The van der Waals surface area contributed by atoms with Crippen molar-refractivity contribution in [2.24, 2.45) is 0 Å². The molecule has 5 heteroatoms. The smallest absolute Gasteiger partial charge is 0.423 e. The first-order chi connectivity index (χ1) is 5.74. The van der Waals surface area contributed by atoms with Crippen LogP contribution in [0.2, 0.25) is 0 Å². The predicted octanol–water partition coefficient (Wildman–Crippen LogP) is -0.390. The highest BCUT2D eigenvalue weighted by molar-refractivity contribution is 6.58.